The van der Waals surface area contributed by atoms with Crippen molar-refractivity contribution in [2.24, 2.45) is 0 Å². The average Bonchev–Trinajstić information content (AvgIpc) is 2.42. The molecule has 2 rings (SSSR count). The normalized spacial score (nSPS) is 20.7. The van der Waals surface area contributed by atoms with Crippen LogP contribution in [0.25, 0.3) is 0 Å². The van der Waals surface area contributed by atoms with Gasteiger partial charge in [0.2, 0.25) is 0 Å². The minimum absolute atomic E-state index is 0.0278. The van der Waals surface area contributed by atoms with E-state index in [4.69, 9.17) is 4.74 Å². The van der Waals surface area contributed by atoms with Gasteiger partial charge in [0.25, 0.3) is 5.91 Å². The van der Waals surface area contributed by atoms with Crippen molar-refractivity contribution in [1.29, 1.82) is 0 Å². The van der Waals surface area contributed by atoms with E-state index in [0.717, 1.165) is 43.9 Å². The van der Waals surface area contributed by atoms with E-state index in [2.05, 4.69) is 22.5 Å². The van der Waals surface area contributed by atoms with Gasteiger partial charge in [-0.1, -0.05) is 6.92 Å². The maximum absolute atomic E-state index is 12.3. The minimum Gasteiger partial charge on any atom is -0.378 e. The van der Waals surface area contributed by atoms with Crippen molar-refractivity contribution in [2.75, 3.05) is 18.5 Å². The lowest BCUT2D eigenvalue weighted by Gasteiger charge is -2.35. The van der Waals surface area contributed by atoms with Gasteiger partial charge < -0.3 is 15.4 Å². The summed E-state index contributed by atoms with van der Waals surface area (Å²) >= 11 is 0. The van der Waals surface area contributed by atoms with Crippen LogP contribution in [0.2, 0.25) is 0 Å². The van der Waals surface area contributed by atoms with Crippen molar-refractivity contribution in [3.05, 3.63) is 23.4 Å². The highest BCUT2D eigenvalue weighted by Gasteiger charge is 2.30. The number of rotatable bonds is 7. The van der Waals surface area contributed by atoms with E-state index in [1.807, 2.05) is 26.0 Å². The van der Waals surface area contributed by atoms with E-state index in [0.29, 0.717) is 11.7 Å². The summed E-state index contributed by atoms with van der Waals surface area (Å²) < 4.78 is 5.51. The molecule has 2 N–H and O–H groups in total. The second-order valence-electron chi connectivity index (χ2n) is 5.53. The van der Waals surface area contributed by atoms with Crippen molar-refractivity contribution in [2.45, 2.75) is 52.2 Å². The Morgan fingerprint density at radius 1 is 1.38 bits per heavy atom. The molecule has 0 aromatic carbocycles. The molecule has 0 spiro atoms. The fourth-order valence-electron chi connectivity index (χ4n) is 2.47. The minimum atomic E-state index is -0.0278. The lowest BCUT2D eigenvalue weighted by atomic mass is 9.89. The van der Waals surface area contributed by atoms with Gasteiger partial charge in [-0.3, -0.25) is 4.79 Å². The number of aryl methyl sites for hydroxylation is 1. The van der Waals surface area contributed by atoms with E-state index in [1.165, 1.54) is 0 Å². The molecule has 116 valence electrons. The van der Waals surface area contributed by atoms with Crippen LogP contribution in [0, 0.1) is 6.92 Å². The maximum atomic E-state index is 12.3. The summed E-state index contributed by atoms with van der Waals surface area (Å²) in [5, 5.41) is 6.28. The third kappa shape index (κ3) is 4.43. The van der Waals surface area contributed by atoms with Crippen LogP contribution < -0.4 is 10.6 Å². The third-order valence-electron chi connectivity index (χ3n) is 3.60. The zero-order valence-electron chi connectivity index (χ0n) is 13.1. The van der Waals surface area contributed by atoms with Gasteiger partial charge in [-0.05, 0) is 45.2 Å². The molecular formula is C16H25N3O2. The Balaban J connectivity index is 1.91. The summed E-state index contributed by atoms with van der Waals surface area (Å²) in [6.07, 6.45) is 3.15. The predicted octanol–water partition coefficient (Wildman–Crippen LogP) is 2.51. The number of nitrogens with zero attached hydrogens (tertiary/aromatic N) is 1. The zero-order valence-corrected chi connectivity index (χ0v) is 13.1. The second kappa shape index (κ2) is 7.41. The van der Waals surface area contributed by atoms with E-state index >= 15 is 0 Å². The van der Waals surface area contributed by atoms with E-state index in [1.54, 1.807) is 0 Å². The Labute approximate surface area is 126 Å². The summed E-state index contributed by atoms with van der Waals surface area (Å²) in [6, 6.07) is 3.87. The van der Waals surface area contributed by atoms with Gasteiger partial charge in [0.15, 0.2) is 0 Å². The van der Waals surface area contributed by atoms with Crippen molar-refractivity contribution < 1.29 is 9.53 Å². The Hall–Kier alpha value is -1.62. The molecule has 0 aliphatic heterocycles. The molecule has 1 aliphatic carbocycles. The Bertz CT molecular complexity index is 484. The summed E-state index contributed by atoms with van der Waals surface area (Å²) in [4.78, 5) is 16.7. The number of carbonyl (C=O) groups excluding carboxylic acids is 1. The first-order valence-corrected chi connectivity index (χ1v) is 7.77. The highest BCUT2D eigenvalue weighted by Crippen LogP contribution is 2.23. The monoisotopic (exact) mass is 291 g/mol. The fourth-order valence-corrected chi connectivity index (χ4v) is 2.47. The quantitative estimate of drug-likeness (QED) is 0.810. The molecular weight excluding hydrogens is 266 g/mol. The molecule has 1 amide bonds. The first-order chi connectivity index (χ1) is 10.1. The first kappa shape index (κ1) is 15.8. The lowest BCUT2D eigenvalue weighted by Crippen LogP contribution is -2.47. The zero-order chi connectivity index (χ0) is 15.2. The second-order valence-corrected chi connectivity index (χ2v) is 5.53. The number of aromatic nitrogens is 1. The molecule has 21 heavy (non-hydrogen) atoms. The molecule has 0 bridgehead atoms. The van der Waals surface area contributed by atoms with Gasteiger partial charge in [-0.15, -0.1) is 0 Å². The first-order valence-electron chi connectivity index (χ1n) is 7.77. The van der Waals surface area contributed by atoms with Crippen molar-refractivity contribution >= 4 is 11.7 Å². The van der Waals surface area contributed by atoms with Crippen LogP contribution in [0.15, 0.2) is 12.1 Å². The number of nitrogens with one attached hydrogen (secondary N) is 2. The van der Waals surface area contributed by atoms with Crippen LogP contribution in [0.3, 0.4) is 0 Å². The number of hydrogen-bond acceptors (Lipinski definition) is 4. The summed E-state index contributed by atoms with van der Waals surface area (Å²) in [5.74, 6) is 0.739. The Morgan fingerprint density at radius 2 is 2.14 bits per heavy atom. The van der Waals surface area contributed by atoms with Crippen molar-refractivity contribution in [1.82, 2.24) is 10.3 Å². The van der Waals surface area contributed by atoms with Gasteiger partial charge in [-0.2, -0.15) is 0 Å². The number of carbonyl (C=O) groups is 1. The molecule has 5 nitrogen and oxygen atoms in total. The van der Waals surface area contributed by atoms with Gasteiger partial charge in [0.1, 0.15) is 5.82 Å². The molecule has 5 heteroatoms. The third-order valence-corrected chi connectivity index (χ3v) is 3.60. The lowest BCUT2D eigenvalue weighted by molar-refractivity contribution is -0.00862. The SMILES string of the molecule is CCCNc1cc(C(=O)NC2CC(OCC)C2)cc(C)n1. The predicted molar refractivity (Wildman–Crippen MR) is 83.7 cm³/mol. The number of hydrogen-bond donors (Lipinski definition) is 2. The van der Waals surface area contributed by atoms with Crippen LogP contribution in [0.1, 0.15) is 49.2 Å². The number of ether oxygens (including phenoxy) is 1. The van der Waals surface area contributed by atoms with Gasteiger partial charge in [0, 0.05) is 30.5 Å². The molecule has 0 radical (unpaired) electrons. The number of pyridine rings is 1. The van der Waals surface area contributed by atoms with Gasteiger partial charge >= 0.3 is 0 Å². The number of amides is 1. The maximum Gasteiger partial charge on any atom is 0.251 e. The largest absolute Gasteiger partial charge is 0.378 e. The fraction of sp³-hybridized carbons (Fsp3) is 0.625. The highest BCUT2D eigenvalue weighted by molar-refractivity contribution is 5.95. The smallest absolute Gasteiger partial charge is 0.251 e. The Kier molecular flexibility index (Phi) is 5.56. The molecule has 1 aliphatic rings. The standard InChI is InChI=1S/C16H25N3O2/c1-4-6-17-15-8-12(7-11(3)18-15)16(20)19-13-9-14(10-13)21-5-2/h7-8,13-14H,4-6,9-10H2,1-3H3,(H,17,18)(H,19,20). The Morgan fingerprint density at radius 3 is 2.81 bits per heavy atom. The molecule has 1 fully saturated rings. The van der Waals surface area contributed by atoms with E-state index in [-0.39, 0.29) is 11.9 Å². The van der Waals surface area contributed by atoms with Crippen molar-refractivity contribution in [3.63, 3.8) is 0 Å². The molecule has 0 unspecified atom stereocenters. The van der Waals surface area contributed by atoms with Gasteiger partial charge in [0.05, 0.1) is 6.10 Å². The van der Waals surface area contributed by atoms with Crippen LogP contribution in [0.4, 0.5) is 5.82 Å². The average molecular weight is 291 g/mol. The molecule has 0 atom stereocenters. The van der Waals surface area contributed by atoms with Crippen LogP contribution in [-0.4, -0.2) is 36.2 Å². The molecule has 1 aromatic heterocycles. The molecule has 1 saturated carbocycles. The summed E-state index contributed by atoms with van der Waals surface area (Å²) in [6.45, 7) is 7.60. The summed E-state index contributed by atoms with van der Waals surface area (Å²) in [7, 11) is 0. The van der Waals surface area contributed by atoms with E-state index < -0.39 is 0 Å². The molecule has 1 aromatic rings. The van der Waals surface area contributed by atoms with Crippen LogP contribution in [-0.2, 0) is 4.74 Å². The van der Waals surface area contributed by atoms with E-state index in [9.17, 15) is 4.79 Å². The van der Waals surface area contributed by atoms with Crippen molar-refractivity contribution in [3.8, 4) is 0 Å². The topological polar surface area (TPSA) is 63.2 Å². The molecule has 0 saturated heterocycles. The van der Waals surface area contributed by atoms with Crippen LogP contribution >= 0.6 is 0 Å². The number of anilines is 1. The van der Waals surface area contributed by atoms with Crippen LogP contribution in [0.5, 0.6) is 0 Å². The highest BCUT2D eigenvalue weighted by atomic mass is 16.5. The molecule has 1 heterocycles. The summed E-state index contributed by atoms with van der Waals surface area (Å²) in [5.41, 5.74) is 1.52. The van der Waals surface area contributed by atoms with Gasteiger partial charge in [-0.25, -0.2) is 4.98 Å².